The number of aromatic nitrogens is 3. The number of amides is 1. The number of fused-ring (bicyclic) bond motifs is 1. The fraction of sp³-hybridized carbons (Fsp3) is 0.0588. The zero-order valence-electron chi connectivity index (χ0n) is 12.5. The molecule has 0 aliphatic rings. The molecule has 4 rings (SSSR count). The molecule has 3 heterocycles. The standard InChI is InChI=1S/C17H12N4OS2/c22-16(17-21-12-3-1-2-4-14(12)24-17)20-9-13-15(19-7-6-18-13)11-5-8-23-10-11/h1-8,10H,9H2,(H,20,22). The summed E-state index contributed by atoms with van der Waals surface area (Å²) in [6.45, 7) is 0.313. The average molecular weight is 352 g/mol. The smallest absolute Gasteiger partial charge is 0.280 e. The number of hydrogen-bond donors (Lipinski definition) is 1. The van der Waals surface area contributed by atoms with Crippen molar-refractivity contribution in [3.8, 4) is 11.3 Å². The van der Waals surface area contributed by atoms with Crippen molar-refractivity contribution in [2.24, 2.45) is 0 Å². The molecule has 0 aliphatic carbocycles. The van der Waals surface area contributed by atoms with Crippen molar-refractivity contribution in [1.82, 2.24) is 20.3 Å². The molecule has 0 saturated heterocycles. The van der Waals surface area contributed by atoms with Crippen LogP contribution in [0.25, 0.3) is 21.5 Å². The maximum Gasteiger partial charge on any atom is 0.280 e. The normalized spacial score (nSPS) is 10.8. The number of para-hydroxylation sites is 1. The van der Waals surface area contributed by atoms with Crippen molar-refractivity contribution in [1.29, 1.82) is 0 Å². The summed E-state index contributed by atoms with van der Waals surface area (Å²) in [6.07, 6.45) is 3.29. The summed E-state index contributed by atoms with van der Waals surface area (Å²) < 4.78 is 1.00. The number of nitrogens with one attached hydrogen (secondary N) is 1. The summed E-state index contributed by atoms with van der Waals surface area (Å²) in [5, 5.41) is 7.35. The largest absolute Gasteiger partial charge is 0.344 e. The molecule has 4 aromatic rings. The molecule has 0 fully saturated rings. The number of rotatable bonds is 4. The Morgan fingerprint density at radius 1 is 1.12 bits per heavy atom. The van der Waals surface area contributed by atoms with E-state index in [-0.39, 0.29) is 5.91 Å². The minimum atomic E-state index is -0.196. The number of nitrogens with zero attached hydrogens (tertiary/aromatic N) is 3. The van der Waals surface area contributed by atoms with Crippen LogP contribution in [0.1, 0.15) is 15.5 Å². The minimum absolute atomic E-state index is 0.196. The summed E-state index contributed by atoms with van der Waals surface area (Å²) in [4.78, 5) is 25.5. The molecule has 0 unspecified atom stereocenters. The van der Waals surface area contributed by atoms with Crippen molar-refractivity contribution in [3.05, 3.63) is 64.2 Å². The highest BCUT2D eigenvalue weighted by molar-refractivity contribution is 7.20. The molecule has 0 radical (unpaired) electrons. The predicted octanol–water partition coefficient (Wildman–Crippen LogP) is 3.74. The van der Waals surface area contributed by atoms with E-state index in [1.165, 1.54) is 11.3 Å². The van der Waals surface area contributed by atoms with E-state index in [0.29, 0.717) is 11.6 Å². The average Bonchev–Trinajstić information content (AvgIpc) is 3.29. The molecule has 1 N–H and O–H groups in total. The molecule has 0 atom stereocenters. The van der Waals surface area contributed by atoms with Gasteiger partial charge in [0.2, 0.25) is 0 Å². The molecule has 0 aliphatic heterocycles. The lowest BCUT2D eigenvalue weighted by Gasteiger charge is -2.06. The van der Waals surface area contributed by atoms with Crippen molar-refractivity contribution < 1.29 is 4.79 Å². The molecular weight excluding hydrogens is 340 g/mol. The third kappa shape index (κ3) is 2.91. The number of carbonyl (C=O) groups excluding carboxylic acids is 1. The Labute approximate surface area is 146 Å². The van der Waals surface area contributed by atoms with Gasteiger partial charge in [0, 0.05) is 23.3 Å². The van der Waals surface area contributed by atoms with E-state index in [4.69, 9.17) is 0 Å². The number of hydrogen-bond acceptors (Lipinski definition) is 6. The van der Waals surface area contributed by atoms with Gasteiger partial charge >= 0.3 is 0 Å². The molecule has 1 amide bonds. The third-order valence-electron chi connectivity index (χ3n) is 3.47. The van der Waals surface area contributed by atoms with Gasteiger partial charge in [-0.3, -0.25) is 14.8 Å². The Hall–Kier alpha value is -2.64. The van der Waals surface area contributed by atoms with E-state index in [1.54, 1.807) is 23.7 Å². The van der Waals surface area contributed by atoms with Crippen molar-refractivity contribution >= 4 is 38.8 Å². The van der Waals surface area contributed by atoms with Crippen LogP contribution < -0.4 is 5.32 Å². The summed E-state index contributed by atoms with van der Waals surface area (Å²) >= 11 is 2.99. The van der Waals surface area contributed by atoms with Gasteiger partial charge in [-0.1, -0.05) is 12.1 Å². The van der Waals surface area contributed by atoms with Gasteiger partial charge in [0.1, 0.15) is 0 Å². The molecule has 0 spiro atoms. The van der Waals surface area contributed by atoms with Crippen LogP contribution in [-0.4, -0.2) is 20.9 Å². The van der Waals surface area contributed by atoms with Gasteiger partial charge in [0.15, 0.2) is 5.01 Å². The number of thiazole rings is 1. The van der Waals surface area contributed by atoms with Gasteiger partial charge in [-0.2, -0.15) is 11.3 Å². The quantitative estimate of drug-likeness (QED) is 0.607. The highest BCUT2D eigenvalue weighted by Gasteiger charge is 2.14. The van der Waals surface area contributed by atoms with E-state index in [9.17, 15) is 4.79 Å². The Morgan fingerprint density at radius 3 is 2.83 bits per heavy atom. The summed E-state index contributed by atoms with van der Waals surface area (Å²) in [5.41, 5.74) is 3.39. The molecule has 5 nitrogen and oxygen atoms in total. The van der Waals surface area contributed by atoms with Crippen LogP contribution in [0.2, 0.25) is 0 Å². The molecule has 1 aromatic carbocycles. The second-order valence-electron chi connectivity index (χ2n) is 5.03. The van der Waals surface area contributed by atoms with Crippen molar-refractivity contribution in [2.45, 2.75) is 6.54 Å². The Balaban J connectivity index is 1.54. The third-order valence-corrected chi connectivity index (χ3v) is 5.19. The van der Waals surface area contributed by atoms with Crippen LogP contribution in [0.15, 0.2) is 53.5 Å². The van der Waals surface area contributed by atoms with Crippen LogP contribution >= 0.6 is 22.7 Å². The SMILES string of the molecule is O=C(NCc1nccnc1-c1ccsc1)c1nc2ccccc2s1. The summed E-state index contributed by atoms with van der Waals surface area (Å²) in [5.74, 6) is -0.196. The number of benzene rings is 1. The van der Waals surface area contributed by atoms with E-state index in [0.717, 1.165) is 27.2 Å². The van der Waals surface area contributed by atoms with Crippen LogP contribution in [0, 0.1) is 0 Å². The lowest BCUT2D eigenvalue weighted by molar-refractivity contribution is 0.0950. The van der Waals surface area contributed by atoms with Crippen LogP contribution in [0.3, 0.4) is 0 Å². The topological polar surface area (TPSA) is 67.8 Å². The van der Waals surface area contributed by atoms with E-state index in [2.05, 4.69) is 20.3 Å². The monoisotopic (exact) mass is 352 g/mol. The summed E-state index contributed by atoms with van der Waals surface area (Å²) in [6, 6.07) is 9.71. The second-order valence-corrected chi connectivity index (χ2v) is 6.84. The first-order valence-corrected chi connectivity index (χ1v) is 9.03. The highest BCUT2D eigenvalue weighted by Crippen LogP contribution is 2.23. The van der Waals surface area contributed by atoms with Crippen LogP contribution in [0.5, 0.6) is 0 Å². The Bertz CT molecular complexity index is 962. The first-order chi connectivity index (χ1) is 11.8. The van der Waals surface area contributed by atoms with Gasteiger partial charge in [0.25, 0.3) is 5.91 Å². The second kappa shape index (κ2) is 6.46. The molecular formula is C17H12N4OS2. The van der Waals surface area contributed by atoms with E-state index < -0.39 is 0 Å². The molecule has 24 heavy (non-hydrogen) atoms. The molecule has 7 heteroatoms. The maximum absolute atomic E-state index is 12.4. The highest BCUT2D eigenvalue weighted by atomic mass is 32.1. The zero-order chi connectivity index (χ0) is 16.4. The number of thiophene rings is 1. The zero-order valence-corrected chi connectivity index (χ0v) is 14.1. The first-order valence-electron chi connectivity index (χ1n) is 7.27. The Morgan fingerprint density at radius 2 is 2.00 bits per heavy atom. The lowest BCUT2D eigenvalue weighted by atomic mass is 10.2. The number of carbonyl (C=O) groups is 1. The molecule has 0 saturated carbocycles. The van der Waals surface area contributed by atoms with Gasteiger partial charge in [-0.25, -0.2) is 4.98 Å². The molecule has 118 valence electrons. The first kappa shape index (κ1) is 14.9. The molecule has 3 aromatic heterocycles. The fourth-order valence-electron chi connectivity index (χ4n) is 2.35. The van der Waals surface area contributed by atoms with Gasteiger partial charge in [-0.15, -0.1) is 11.3 Å². The van der Waals surface area contributed by atoms with Crippen molar-refractivity contribution in [3.63, 3.8) is 0 Å². The minimum Gasteiger partial charge on any atom is -0.344 e. The van der Waals surface area contributed by atoms with E-state index in [1.807, 2.05) is 41.1 Å². The summed E-state index contributed by atoms with van der Waals surface area (Å²) in [7, 11) is 0. The van der Waals surface area contributed by atoms with Gasteiger partial charge in [0.05, 0.1) is 28.1 Å². The van der Waals surface area contributed by atoms with Crippen LogP contribution in [-0.2, 0) is 6.54 Å². The molecule has 0 bridgehead atoms. The van der Waals surface area contributed by atoms with Crippen LogP contribution in [0.4, 0.5) is 0 Å². The predicted molar refractivity (Wildman–Crippen MR) is 96.1 cm³/mol. The lowest BCUT2D eigenvalue weighted by Crippen LogP contribution is -2.23. The fourth-order valence-corrected chi connectivity index (χ4v) is 3.87. The van der Waals surface area contributed by atoms with Gasteiger partial charge in [-0.05, 0) is 23.6 Å². The van der Waals surface area contributed by atoms with Gasteiger partial charge < -0.3 is 5.32 Å². The maximum atomic E-state index is 12.4. The van der Waals surface area contributed by atoms with E-state index >= 15 is 0 Å². The Kier molecular flexibility index (Phi) is 4.02. The van der Waals surface area contributed by atoms with Crippen molar-refractivity contribution in [2.75, 3.05) is 0 Å².